The summed E-state index contributed by atoms with van der Waals surface area (Å²) in [6, 6.07) is -8.76. The van der Waals surface area contributed by atoms with E-state index in [0.29, 0.717) is 6.42 Å². The molecule has 0 aromatic carbocycles. The van der Waals surface area contributed by atoms with Crippen molar-refractivity contribution in [2.45, 2.75) is 251 Å². The van der Waals surface area contributed by atoms with E-state index in [0.717, 1.165) is 16.1 Å². The van der Waals surface area contributed by atoms with Gasteiger partial charge in [0.15, 0.2) is 11.6 Å². The summed E-state index contributed by atoms with van der Waals surface area (Å²) in [7, 11) is 6.41. The van der Waals surface area contributed by atoms with E-state index in [1.165, 1.54) is 87.6 Å². The van der Waals surface area contributed by atoms with E-state index in [9.17, 15) is 56.4 Å². The number of hydrogen-bond acceptors (Lipinski definition) is 18. The maximum absolute atomic E-state index is 15.3. The Morgan fingerprint density at radius 2 is 0.990 bits per heavy atom. The number of ether oxygens (including phenoxy) is 3. The monoisotopic (exact) mass is 1450 g/mol. The van der Waals surface area contributed by atoms with Crippen molar-refractivity contribution in [2.75, 3.05) is 74.5 Å². The van der Waals surface area contributed by atoms with Crippen LogP contribution in [0.15, 0.2) is 12.2 Å². The van der Waals surface area contributed by atoms with Gasteiger partial charge < -0.3 is 53.8 Å². The smallest absolute Gasteiger partial charge is 0.410 e. The first kappa shape index (κ1) is 94.2. The molecule has 0 rings (SSSR count). The summed E-state index contributed by atoms with van der Waals surface area (Å²) in [6.07, 6.45) is 2.30. The predicted molar refractivity (Wildman–Crippen MR) is 389 cm³/mol. The lowest BCUT2D eigenvalue weighted by atomic mass is 9.84. The Bertz CT molecular complexity index is 2960. The van der Waals surface area contributed by atoms with Crippen LogP contribution in [0, 0.1) is 59.2 Å². The van der Waals surface area contributed by atoms with Gasteiger partial charge in [0, 0.05) is 106 Å². The molecule has 0 fully saturated rings. The zero-order chi connectivity index (χ0) is 79.0. The molecule has 0 heterocycles. The fourth-order valence-electron chi connectivity index (χ4n) is 12.5. The van der Waals surface area contributed by atoms with Crippen molar-refractivity contribution < 1.29 is 85.0 Å². The maximum Gasteiger partial charge on any atom is 0.410 e. The first-order chi connectivity index (χ1) is 46.2. The first-order valence-electron chi connectivity index (χ1n) is 35.7. The molecule has 0 bridgehead atoms. The minimum atomic E-state index is -3.63. The summed E-state index contributed by atoms with van der Waals surface area (Å²) in [6.45, 7) is 35.3. The molecule has 1 N–H and O–H groups in total. The molecule has 0 saturated heterocycles. The first-order valence-corrected chi connectivity index (χ1v) is 37.8. The van der Waals surface area contributed by atoms with Crippen LogP contribution in [0.2, 0.25) is 0 Å². The van der Waals surface area contributed by atoms with Gasteiger partial charge in [-0.15, -0.1) is 0 Å². The number of Topliss-reactive ketones (excluding diaryl/α,β-unsaturated/α-hetero) is 3. The van der Waals surface area contributed by atoms with Gasteiger partial charge in [-0.1, -0.05) is 116 Å². The molecule has 27 heteroatoms. The molecular formula is C74H130N8O18S. The summed E-state index contributed by atoms with van der Waals surface area (Å²) in [5.41, 5.74) is -0.940. The Kier molecular flexibility index (Phi) is 39.8. The molecule has 580 valence electrons. The summed E-state index contributed by atoms with van der Waals surface area (Å²) in [5.74, 6) is -13.5. The van der Waals surface area contributed by atoms with Gasteiger partial charge in [-0.25, -0.2) is 18.0 Å². The van der Waals surface area contributed by atoms with Crippen LogP contribution >= 0.6 is 0 Å². The second kappa shape index (κ2) is 42.7. The standard InChI is InChI=1S/C74H130N8O18S/c1-30-32-33-48(13)65(99-53(18)84)64(66(88)75-55(31-2)72(94)98-35-34-76(22)52(17)83)81(27)71(93)62(47(11)12)80(26)70(92)58(38-45(7)8)79(25)69(91)57(37-44(5)6)78(24)67(89)50(15)40-59(85)49(14)39-60(86)56(36-43(3)4)77(23)68(90)54(46(9)10)41-61(87)63(51(16)42-101(29,96)97)82(28)73(95)100-74(19,20)21/h30,32,43-51,54-58,62-65H,31,33-42H2,1-29H3,(H,75,88)/b32-30+/t48-,49-,50+,51-,54+,55+,56+,57+,58+,62+,63+,64+,65-/m1/s1. The maximum atomic E-state index is 15.3. The molecule has 8 amide bonds. The highest BCUT2D eigenvalue weighted by atomic mass is 32.2. The third-order valence-electron chi connectivity index (χ3n) is 18.4. The van der Waals surface area contributed by atoms with E-state index in [1.54, 1.807) is 96.2 Å². The predicted octanol–water partition coefficient (Wildman–Crippen LogP) is 7.70. The minimum absolute atomic E-state index is 0.0612. The molecule has 0 unspecified atom stereocenters. The molecule has 0 aromatic rings. The van der Waals surface area contributed by atoms with Crippen LogP contribution < -0.4 is 5.32 Å². The Balaban J connectivity index is 7.23. The van der Waals surface area contributed by atoms with Gasteiger partial charge in [-0.2, -0.15) is 0 Å². The Morgan fingerprint density at radius 3 is 1.43 bits per heavy atom. The minimum Gasteiger partial charge on any atom is -0.462 e. The van der Waals surface area contributed by atoms with Gasteiger partial charge in [0.05, 0.1) is 24.4 Å². The summed E-state index contributed by atoms with van der Waals surface area (Å²) < 4.78 is 41.9. The average molecular weight is 1450 g/mol. The molecule has 0 aliphatic carbocycles. The molecular weight excluding hydrogens is 1320 g/mol. The van der Waals surface area contributed by atoms with Crippen molar-refractivity contribution in [2.24, 2.45) is 59.2 Å². The van der Waals surface area contributed by atoms with Gasteiger partial charge >= 0.3 is 18.0 Å². The number of esters is 2. The highest BCUT2D eigenvalue weighted by Crippen LogP contribution is 2.30. The number of amides is 8. The molecule has 0 aromatic heterocycles. The molecule has 0 saturated carbocycles. The molecule has 26 nitrogen and oxygen atoms in total. The number of nitrogens with zero attached hydrogens (tertiary/aromatic N) is 7. The quantitative estimate of drug-likeness (QED) is 0.0347. The number of allylic oxidation sites excluding steroid dienone is 2. The van der Waals surface area contributed by atoms with Crippen molar-refractivity contribution in [3.63, 3.8) is 0 Å². The highest BCUT2D eigenvalue weighted by molar-refractivity contribution is 7.90. The number of carbonyl (C=O) groups excluding carboxylic acids is 13. The molecule has 101 heavy (non-hydrogen) atoms. The summed E-state index contributed by atoms with van der Waals surface area (Å²) in [5, 5.41) is 2.71. The van der Waals surface area contributed by atoms with E-state index < -0.39 is 188 Å². The largest absolute Gasteiger partial charge is 0.462 e. The fourth-order valence-corrected chi connectivity index (χ4v) is 13.6. The van der Waals surface area contributed by atoms with Crippen LogP contribution in [0.5, 0.6) is 0 Å². The number of hydrogen-bond donors (Lipinski definition) is 1. The van der Waals surface area contributed by atoms with Crippen LogP contribution in [-0.4, -0.2) is 248 Å². The highest BCUT2D eigenvalue weighted by Gasteiger charge is 2.47. The lowest BCUT2D eigenvalue weighted by Crippen LogP contribution is -2.63. The lowest BCUT2D eigenvalue weighted by molar-refractivity contribution is -0.164. The Morgan fingerprint density at radius 1 is 0.525 bits per heavy atom. The van der Waals surface area contributed by atoms with E-state index in [1.807, 2.05) is 47.6 Å². The SMILES string of the molecule is C/C=C/C[C@@H](C)[C@@H](OC(C)=O)[C@@H](C(=O)N[C@@H](CC)C(=O)OCCN(C)C(C)=O)N(C)C(=O)[C@H](C(C)C)N(C)C(=O)[C@H](CC(C)C)N(C)C(=O)[C@H](CC(C)C)N(C)C(=O)[C@@H](C)CC(=O)[C@H](C)CC(=O)[C@H](CC(C)C)N(C)C(=O)[C@@H](CC(=O)[C@H]([C@H](C)CS(C)(=O)=O)N(C)C(=O)OC(C)(C)C)C(C)C. The third-order valence-corrected chi connectivity index (χ3v) is 19.5. The van der Waals surface area contributed by atoms with Crippen molar-refractivity contribution in [1.82, 2.24) is 39.6 Å². The fraction of sp³-hybridized carbons (Fsp3) is 0.797. The molecule has 13 atom stereocenters. The lowest BCUT2D eigenvalue weighted by Gasteiger charge is -2.42. The Hall–Kier alpha value is -6.80. The van der Waals surface area contributed by atoms with Crippen LogP contribution in [0.4, 0.5) is 4.79 Å². The number of carbonyl (C=O) groups is 13. The number of rotatable bonds is 43. The molecule has 0 spiro atoms. The topological polar surface area (TPSA) is 318 Å². The van der Waals surface area contributed by atoms with Crippen LogP contribution in [0.1, 0.15) is 197 Å². The van der Waals surface area contributed by atoms with Crippen molar-refractivity contribution >= 4 is 86.6 Å². The van der Waals surface area contributed by atoms with E-state index in [4.69, 9.17) is 14.2 Å². The number of nitrogens with one attached hydrogen (secondary N) is 1. The second-order valence-electron chi connectivity index (χ2n) is 31.0. The Labute approximate surface area is 605 Å². The number of sulfone groups is 1. The van der Waals surface area contributed by atoms with Crippen molar-refractivity contribution in [3.05, 3.63) is 12.2 Å². The van der Waals surface area contributed by atoms with E-state index in [2.05, 4.69) is 5.32 Å². The zero-order valence-electron chi connectivity index (χ0n) is 66.7. The van der Waals surface area contributed by atoms with Gasteiger partial charge in [0.25, 0.3) is 0 Å². The van der Waals surface area contributed by atoms with Crippen LogP contribution in [-0.2, 0) is 81.6 Å². The average Bonchev–Trinajstić information content (AvgIpc) is 0.799. The third kappa shape index (κ3) is 30.6. The van der Waals surface area contributed by atoms with Crippen molar-refractivity contribution in [1.29, 1.82) is 0 Å². The number of likely N-dealkylation sites (N-methyl/N-ethyl adjacent to an activating group) is 7. The summed E-state index contributed by atoms with van der Waals surface area (Å²) >= 11 is 0. The van der Waals surface area contributed by atoms with Gasteiger partial charge in [-0.3, -0.25) is 52.7 Å². The number of ketones is 3. The summed E-state index contributed by atoms with van der Waals surface area (Å²) in [4.78, 5) is 193. The van der Waals surface area contributed by atoms with E-state index >= 15 is 14.4 Å². The molecule has 0 radical (unpaired) electrons. The van der Waals surface area contributed by atoms with Crippen LogP contribution in [0.25, 0.3) is 0 Å². The van der Waals surface area contributed by atoms with Crippen molar-refractivity contribution in [3.8, 4) is 0 Å². The van der Waals surface area contributed by atoms with Crippen LogP contribution in [0.3, 0.4) is 0 Å². The second-order valence-corrected chi connectivity index (χ2v) is 33.2. The van der Waals surface area contributed by atoms with Gasteiger partial charge in [0.2, 0.25) is 41.4 Å². The van der Waals surface area contributed by atoms with E-state index in [-0.39, 0.29) is 75.3 Å². The molecule has 0 aliphatic rings. The molecule has 0 aliphatic heterocycles. The zero-order valence-corrected chi connectivity index (χ0v) is 67.5. The van der Waals surface area contributed by atoms with Gasteiger partial charge in [0.1, 0.15) is 64.1 Å². The normalized spacial score (nSPS) is 15.9. The van der Waals surface area contributed by atoms with Gasteiger partial charge in [-0.05, 0) is 101 Å².